The van der Waals surface area contributed by atoms with Gasteiger partial charge in [-0.1, -0.05) is 40.8 Å². The molecule has 0 amide bonds. The third-order valence-corrected chi connectivity index (χ3v) is 2.48. The Morgan fingerprint density at radius 1 is 1.31 bits per heavy atom. The Balaban J connectivity index is 3.97. The van der Waals surface area contributed by atoms with Crippen LogP contribution in [0.1, 0.15) is 34.1 Å². The SMILES string of the molecule is C[B]C[C@@H](NC)[C@@H](C)CC(C)(C)C. The lowest BCUT2D eigenvalue weighted by Gasteiger charge is -2.29. The van der Waals surface area contributed by atoms with Crippen molar-refractivity contribution in [2.75, 3.05) is 7.05 Å². The number of hydrogen-bond acceptors (Lipinski definition) is 1. The van der Waals surface area contributed by atoms with E-state index in [1.54, 1.807) is 0 Å². The molecule has 0 bridgehead atoms. The van der Waals surface area contributed by atoms with E-state index in [4.69, 9.17) is 0 Å². The van der Waals surface area contributed by atoms with Gasteiger partial charge in [0.1, 0.15) is 7.28 Å². The van der Waals surface area contributed by atoms with Crippen LogP contribution in [0.15, 0.2) is 0 Å². The van der Waals surface area contributed by atoms with Gasteiger partial charge >= 0.3 is 0 Å². The van der Waals surface area contributed by atoms with Crippen molar-refractivity contribution >= 4 is 7.28 Å². The zero-order chi connectivity index (χ0) is 10.5. The van der Waals surface area contributed by atoms with Crippen molar-refractivity contribution in [3.05, 3.63) is 0 Å². The Morgan fingerprint density at radius 2 is 1.85 bits per heavy atom. The minimum absolute atomic E-state index is 0.447. The normalized spacial score (nSPS) is 16.8. The fraction of sp³-hybridized carbons (Fsp3) is 1.00. The van der Waals surface area contributed by atoms with Gasteiger partial charge in [0.05, 0.1) is 0 Å². The van der Waals surface area contributed by atoms with Crippen LogP contribution in [0.4, 0.5) is 0 Å². The smallest absolute Gasteiger partial charge is 0.107 e. The minimum Gasteiger partial charge on any atom is -0.317 e. The van der Waals surface area contributed by atoms with E-state index >= 15 is 0 Å². The summed E-state index contributed by atoms with van der Waals surface area (Å²) in [6, 6.07) is 0.643. The Kier molecular flexibility index (Phi) is 5.70. The summed E-state index contributed by atoms with van der Waals surface area (Å²) in [5.41, 5.74) is 0.447. The second-order valence-electron chi connectivity index (χ2n) is 5.28. The minimum atomic E-state index is 0.447. The first-order valence-electron chi connectivity index (χ1n) is 5.36. The van der Waals surface area contributed by atoms with Crippen molar-refractivity contribution in [2.45, 2.75) is 53.3 Å². The Labute approximate surface area is 84.9 Å². The molecule has 0 aromatic heterocycles. The molecular weight excluding hydrogens is 157 g/mol. The molecule has 0 aromatic rings. The van der Waals surface area contributed by atoms with Crippen molar-refractivity contribution in [3.8, 4) is 0 Å². The lowest BCUT2D eigenvalue weighted by molar-refractivity contribution is 0.269. The van der Waals surface area contributed by atoms with Crippen LogP contribution in [0.2, 0.25) is 13.1 Å². The van der Waals surface area contributed by atoms with Crippen LogP contribution in [0, 0.1) is 11.3 Å². The molecule has 0 unspecified atom stereocenters. The second-order valence-corrected chi connectivity index (χ2v) is 5.28. The van der Waals surface area contributed by atoms with Gasteiger partial charge in [0.25, 0.3) is 0 Å². The molecular formula is C11H25BN. The summed E-state index contributed by atoms with van der Waals surface area (Å²) in [6.07, 6.45) is 2.46. The average molecular weight is 182 g/mol. The Bertz CT molecular complexity index is 129. The number of nitrogens with one attached hydrogen (secondary N) is 1. The molecule has 0 aromatic carbocycles. The molecule has 0 saturated carbocycles. The van der Waals surface area contributed by atoms with E-state index < -0.39 is 0 Å². The molecule has 13 heavy (non-hydrogen) atoms. The largest absolute Gasteiger partial charge is 0.317 e. The Hall–Kier alpha value is 0.0249. The van der Waals surface area contributed by atoms with Crippen LogP contribution in [0.5, 0.6) is 0 Å². The lowest BCUT2D eigenvalue weighted by Crippen LogP contribution is -2.34. The van der Waals surface area contributed by atoms with E-state index in [0.717, 1.165) is 5.92 Å². The molecule has 0 aliphatic rings. The molecule has 0 heterocycles. The molecule has 2 heteroatoms. The lowest BCUT2D eigenvalue weighted by atomic mass is 9.70. The van der Waals surface area contributed by atoms with E-state index in [2.05, 4.69) is 54.2 Å². The highest BCUT2D eigenvalue weighted by atomic mass is 14.9. The highest BCUT2D eigenvalue weighted by molar-refractivity contribution is 6.33. The first-order valence-corrected chi connectivity index (χ1v) is 5.36. The van der Waals surface area contributed by atoms with E-state index in [1.807, 2.05) is 0 Å². The third kappa shape index (κ3) is 6.14. The summed E-state index contributed by atoms with van der Waals surface area (Å²) in [6.45, 7) is 11.4. The maximum Gasteiger partial charge on any atom is 0.107 e. The summed E-state index contributed by atoms with van der Waals surface area (Å²) in [5, 5.41) is 3.39. The fourth-order valence-corrected chi connectivity index (χ4v) is 2.00. The van der Waals surface area contributed by atoms with Gasteiger partial charge in [0, 0.05) is 6.04 Å². The maximum absolute atomic E-state index is 3.39. The third-order valence-electron chi connectivity index (χ3n) is 2.48. The van der Waals surface area contributed by atoms with Crippen LogP contribution in [0.25, 0.3) is 0 Å². The van der Waals surface area contributed by atoms with Gasteiger partial charge in [0.2, 0.25) is 0 Å². The highest BCUT2D eigenvalue weighted by Gasteiger charge is 2.20. The maximum atomic E-state index is 3.39. The van der Waals surface area contributed by atoms with Crippen LogP contribution in [-0.4, -0.2) is 20.4 Å². The first-order chi connectivity index (χ1) is 5.90. The molecule has 1 nitrogen and oxygen atoms in total. The van der Waals surface area contributed by atoms with Gasteiger partial charge in [-0.15, -0.1) is 0 Å². The predicted octanol–water partition coefficient (Wildman–Crippen LogP) is 2.82. The molecule has 0 fully saturated rings. The zero-order valence-corrected chi connectivity index (χ0v) is 10.1. The van der Waals surface area contributed by atoms with Gasteiger partial charge in [-0.25, -0.2) is 0 Å². The molecule has 1 N–H and O–H groups in total. The quantitative estimate of drug-likeness (QED) is 0.644. The van der Waals surface area contributed by atoms with Gasteiger partial charge in [0.15, 0.2) is 0 Å². The summed E-state index contributed by atoms with van der Waals surface area (Å²) in [7, 11) is 4.31. The monoisotopic (exact) mass is 182 g/mol. The second kappa shape index (κ2) is 5.69. The standard InChI is InChI=1S/C11H25BN/c1-9(7-11(2,3)4)10(13-6)8-12-5/h9-10,13H,7-8H2,1-6H3/t9-,10+/m0/s1. The molecule has 1 radical (unpaired) electrons. The molecule has 77 valence electrons. The summed E-state index contributed by atoms with van der Waals surface area (Å²) < 4.78 is 0. The van der Waals surface area contributed by atoms with Crippen LogP contribution in [0.3, 0.4) is 0 Å². The zero-order valence-electron chi connectivity index (χ0n) is 10.1. The summed E-state index contributed by atoms with van der Waals surface area (Å²) >= 11 is 0. The average Bonchev–Trinajstić information content (AvgIpc) is 1.96. The summed E-state index contributed by atoms with van der Waals surface area (Å²) in [5.74, 6) is 0.751. The molecule has 0 spiro atoms. The van der Waals surface area contributed by atoms with Gasteiger partial charge in [-0.05, 0) is 24.8 Å². The van der Waals surface area contributed by atoms with Crippen molar-refractivity contribution in [2.24, 2.45) is 11.3 Å². The van der Waals surface area contributed by atoms with Crippen molar-refractivity contribution in [1.29, 1.82) is 0 Å². The van der Waals surface area contributed by atoms with Crippen molar-refractivity contribution in [3.63, 3.8) is 0 Å². The van der Waals surface area contributed by atoms with Crippen molar-refractivity contribution < 1.29 is 0 Å². The van der Waals surface area contributed by atoms with Gasteiger partial charge in [-0.3, -0.25) is 0 Å². The van der Waals surface area contributed by atoms with E-state index in [-0.39, 0.29) is 0 Å². The summed E-state index contributed by atoms with van der Waals surface area (Å²) in [4.78, 5) is 0. The molecule has 0 aliphatic heterocycles. The number of hydrogen-bond donors (Lipinski definition) is 1. The molecule has 0 rings (SSSR count). The highest BCUT2D eigenvalue weighted by Crippen LogP contribution is 2.26. The molecule has 2 atom stereocenters. The van der Waals surface area contributed by atoms with Gasteiger partial charge < -0.3 is 5.32 Å². The van der Waals surface area contributed by atoms with Crippen LogP contribution in [-0.2, 0) is 0 Å². The van der Waals surface area contributed by atoms with Crippen LogP contribution < -0.4 is 5.32 Å². The van der Waals surface area contributed by atoms with E-state index in [0.29, 0.717) is 11.5 Å². The fourth-order valence-electron chi connectivity index (χ4n) is 2.00. The predicted molar refractivity (Wildman–Crippen MR) is 62.5 cm³/mol. The molecule has 0 aliphatic carbocycles. The van der Waals surface area contributed by atoms with E-state index in [1.165, 1.54) is 12.7 Å². The van der Waals surface area contributed by atoms with Crippen molar-refractivity contribution in [1.82, 2.24) is 5.32 Å². The topological polar surface area (TPSA) is 12.0 Å². The van der Waals surface area contributed by atoms with E-state index in [9.17, 15) is 0 Å². The Morgan fingerprint density at radius 3 is 2.15 bits per heavy atom. The first kappa shape index (κ1) is 13.0. The van der Waals surface area contributed by atoms with Crippen LogP contribution >= 0.6 is 0 Å². The molecule has 0 saturated heterocycles. The number of rotatable bonds is 5. The van der Waals surface area contributed by atoms with Gasteiger partial charge in [-0.2, -0.15) is 0 Å².